The van der Waals surface area contributed by atoms with Crippen molar-refractivity contribution in [3.63, 3.8) is 0 Å². The van der Waals surface area contributed by atoms with Gasteiger partial charge in [-0.25, -0.2) is 0 Å². The van der Waals surface area contributed by atoms with Gasteiger partial charge in [0.1, 0.15) is 0 Å². The van der Waals surface area contributed by atoms with Crippen LogP contribution >= 0.6 is 36.4 Å². The van der Waals surface area contributed by atoms with Crippen LogP contribution in [0.3, 0.4) is 0 Å². The number of para-hydroxylation sites is 1. The standard InChI is InChI=1S/C18H25ClN4O2.2ClH/c19-15-3-1-2-4-16(15)21-17(24)12-22-7-9-23(10-8-22)18(25)13-5-6-14(20)11-13;;/h1-4,13-14H,5-12,20H2,(H,21,24);2*1H. The first-order valence-electron chi connectivity index (χ1n) is 8.84. The lowest BCUT2D eigenvalue weighted by Crippen LogP contribution is -2.51. The third-order valence-electron chi connectivity index (χ3n) is 5.02. The maximum atomic E-state index is 12.5. The Kier molecular flexibility index (Phi) is 9.84. The van der Waals surface area contributed by atoms with E-state index in [-0.39, 0.29) is 48.6 Å². The van der Waals surface area contributed by atoms with Gasteiger partial charge in [-0.15, -0.1) is 24.8 Å². The fourth-order valence-corrected chi connectivity index (χ4v) is 3.76. The minimum Gasteiger partial charge on any atom is -0.340 e. The lowest BCUT2D eigenvalue weighted by molar-refractivity contribution is -0.137. The Hall–Kier alpha value is -1.05. The number of benzene rings is 1. The van der Waals surface area contributed by atoms with Gasteiger partial charge in [0, 0.05) is 38.1 Å². The molecule has 2 atom stereocenters. The number of halogens is 3. The SMILES string of the molecule is Cl.Cl.NC1CCC(C(=O)N2CCN(CC(=O)Nc3ccccc3Cl)CC2)C1. The van der Waals surface area contributed by atoms with Gasteiger partial charge in [0.25, 0.3) is 0 Å². The molecule has 2 aliphatic rings. The number of carbonyl (C=O) groups excluding carboxylic acids is 2. The number of rotatable bonds is 4. The van der Waals surface area contributed by atoms with E-state index in [1.54, 1.807) is 12.1 Å². The number of piperazine rings is 1. The second-order valence-electron chi connectivity index (χ2n) is 6.90. The van der Waals surface area contributed by atoms with Crippen molar-refractivity contribution in [2.75, 3.05) is 38.0 Å². The lowest BCUT2D eigenvalue weighted by Gasteiger charge is -2.35. The zero-order valence-corrected chi connectivity index (χ0v) is 17.5. The van der Waals surface area contributed by atoms with E-state index in [1.807, 2.05) is 17.0 Å². The molecule has 2 fully saturated rings. The molecule has 0 radical (unpaired) electrons. The van der Waals surface area contributed by atoms with E-state index in [0.29, 0.717) is 43.4 Å². The van der Waals surface area contributed by atoms with Crippen LogP contribution in [0, 0.1) is 5.92 Å². The summed E-state index contributed by atoms with van der Waals surface area (Å²) < 4.78 is 0. The van der Waals surface area contributed by atoms with Crippen LogP contribution < -0.4 is 11.1 Å². The molecular weight excluding hydrogens is 411 g/mol. The van der Waals surface area contributed by atoms with E-state index in [4.69, 9.17) is 17.3 Å². The molecule has 1 saturated carbocycles. The normalized spacial score (nSPS) is 22.5. The van der Waals surface area contributed by atoms with Gasteiger partial charge in [-0.2, -0.15) is 0 Å². The number of hydrogen-bond acceptors (Lipinski definition) is 4. The molecule has 27 heavy (non-hydrogen) atoms. The van der Waals surface area contributed by atoms with Gasteiger partial charge in [-0.1, -0.05) is 23.7 Å². The Balaban J connectivity index is 0.00000182. The van der Waals surface area contributed by atoms with E-state index >= 15 is 0 Å². The van der Waals surface area contributed by atoms with Crippen molar-refractivity contribution < 1.29 is 9.59 Å². The number of carbonyl (C=O) groups is 2. The molecule has 1 aliphatic heterocycles. The molecule has 0 aromatic heterocycles. The number of hydrogen-bond donors (Lipinski definition) is 2. The van der Waals surface area contributed by atoms with Gasteiger partial charge >= 0.3 is 0 Å². The average Bonchev–Trinajstić information content (AvgIpc) is 3.03. The maximum absolute atomic E-state index is 12.5. The van der Waals surface area contributed by atoms with E-state index in [9.17, 15) is 9.59 Å². The highest BCUT2D eigenvalue weighted by atomic mass is 35.5. The first-order chi connectivity index (χ1) is 12.0. The van der Waals surface area contributed by atoms with Gasteiger partial charge in [0.15, 0.2) is 0 Å². The summed E-state index contributed by atoms with van der Waals surface area (Å²) in [6.45, 7) is 3.07. The largest absolute Gasteiger partial charge is 0.340 e. The smallest absolute Gasteiger partial charge is 0.238 e. The Morgan fingerprint density at radius 3 is 2.37 bits per heavy atom. The minimum absolute atomic E-state index is 0. The molecule has 9 heteroatoms. The molecule has 0 bridgehead atoms. The molecule has 1 heterocycles. The van der Waals surface area contributed by atoms with Crippen LogP contribution in [0.1, 0.15) is 19.3 Å². The summed E-state index contributed by atoms with van der Waals surface area (Å²) >= 11 is 6.06. The number of nitrogens with two attached hydrogens (primary N) is 1. The number of amides is 2. The van der Waals surface area contributed by atoms with Crippen molar-refractivity contribution in [2.45, 2.75) is 25.3 Å². The molecule has 3 rings (SSSR count). The molecule has 1 aromatic carbocycles. The van der Waals surface area contributed by atoms with E-state index in [1.165, 1.54) is 0 Å². The quantitative estimate of drug-likeness (QED) is 0.758. The Morgan fingerprint density at radius 1 is 1.11 bits per heavy atom. The lowest BCUT2D eigenvalue weighted by atomic mass is 10.1. The van der Waals surface area contributed by atoms with Gasteiger partial charge in [0.2, 0.25) is 11.8 Å². The van der Waals surface area contributed by atoms with Crippen molar-refractivity contribution in [3.05, 3.63) is 29.3 Å². The third kappa shape index (κ3) is 6.50. The summed E-state index contributed by atoms with van der Waals surface area (Å²) in [7, 11) is 0. The average molecular weight is 438 g/mol. The maximum Gasteiger partial charge on any atom is 0.238 e. The molecule has 1 saturated heterocycles. The van der Waals surface area contributed by atoms with Crippen LogP contribution in [0.4, 0.5) is 5.69 Å². The second-order valence-corrected chi connectivity index (χ2v) is 7.31. The van der Waals surface area contributed by atoms with Gasteiger partial charge in [-0.3, -0.25) is 14.5 Å². The highest BCUT2D eigenvalue weighted by Gasteiger charge is 2.32. The Morgan fingerprint density at radius 2 is 1.78 bits per heavy atom. The summed E-state index contributed by atoms with van der Waals surface area (Å²) in [6, 6.07) is 7.36. The summed E-state index contributed by atoms with van der Waals surface area (Å²) in [4.78, 5) is 28.7. The van der Waals surface area contributed by atoms with Crippen LogP contribution in [0.25, 0.3) is 0 Å². The monoisotopic (exact) mass is 436 g/mol. The third-order valence-corrected chi connectivity index (χ3v) is 5.35. The fraction of sp³-hybridized carbons (Fsp3) is 0.556. The first-order valence-corrected chi connectivity index (χ1v) is 9.22. The molecule has 2 unspecified atom stereocenters. The highest BCUT2D eigenvalue weighted by Crippen LogP contribution is 2.26. The highest BCUT2D eigenvalue weighted by molar-refractivity contribution is 6.33. The molecule has 2 amide bonds. The number of anilines is 1. The van der Waals surface area contributed by atoms with E-state index in [2.05, 4.69) is 10.2 Å². The van der Waals surface area contributed by atoms with Gasteiger partial charge < -0.3 is 16.0 Å². The molecule has 3 N–H and O–H groups in total. The van der Waals surface area contributed by atoms with E-state index in [0.717, 1.165) is 19.3 Å². The molecule has 0 spiro atoms. The molecule has 1 aliphatic carbocycles. The summed E-state index contributed by atoms with van der Waals surface area (Å²) in [6.07, 6.45) is 2.65. The van der Waals surface area contributed by atoms with Crippen LogP contribution in [-0.4, -0.2) is 60.4 Å². The van der Waals surface area contributed by atoms with Crippen molar-refractivity contribution in [1.29, 1.82) is 0 Å². The van der Waals surface area contributed by atoms with Crippen LogP contribution in [0.5, 0.6) is 0 Å². The number of nitrogens with zero attached hydrogens (tertiary/aromatic N) is 2. The van der Waals surface area contributed by atoms with E-state index < -0.39 is 0 Å². The summed E-state index contributed by atoms with van der Waals surface area (Å²) in [5, 5.41) is 3.36. The minimum atomic E-state index is -0.0883. The van der Waals surface area contributed by atoms with Crippen molar-refractivity contribution in [2.24, 2.45) is 11.7 Å². The zero-order chi connectivity index (χ0) is 17.8. The van der Waals surface area contributed by atoms with Crippen molar-refractivity contribution in [1.82, 2.24) is 9.80 Å². The molecule has 6 nitrogen and oxygen atoms in total. The fourth-order valence-electron chi connectivity index (χ4n) is 3.58. The Labute approximate surface area is 177 Å². The molecule has 1 aromatic rings. The van der Waals surface area contributed by atoms with Gasteiger partial charge in [-0.05, 0) is 31.4 Å². The van der Waals surface area contributed by atoms with Crippen LogP contribution in [-0.2, 0) is 9.59 Å². The van der Waals surface area contributed by atoms with Crippen LogP contribution in [0.2, 0.25) is 5.02 Å². The Bertz CT molecular complexity index is 639. The predicted molar refractivity (Wildman–Crippen MR) is 113 cm³/mol. The van der Waals surface area contributed by atoms with Crippen molar-refractivity contribution in [3.8, 4) is 0 Å². The predicted octanol–water partition coefficient (Wildman–Crippen LogP) is 2.39. The van der Waals surface area contributed by atoms with Crippen molar-refractivity contribution >= 4 is 53.9 Å². The molecule has 152 valence electrons. The number of nitrogens with one attached hydrogen (secondary N) is 1. The topological polar surface area (TPSA) is 78.7 Å². The summed E-state index contributed by atoms with van der Waals surface area (Å²) in [5.74, 6) is 0.229. The second kappa shape index (κ2) is 11.1. The van der Waals surface area contributed by atoms with Gasteiger partial charge in [0.05, 0.1) is 17.3 Å². The summed E-state index contributed by atoms with van der Waals surface area (Å²) in [5.41, 5.74) is 6.54. The first kappa shape index (κ1) is 24.0. The molecular formula is C18H27Cl3N4O2. The van der Waals surface area contributed by atoms with Crippen LogP contribution in [0.15, 0.2) is 24.3 Å². The zero-order valence-electron chi connectivity index (χ0n) is 15.1.